The number of likely N-dealkylation sites (N-methyl/N-ethyl adjacent to an activating group) is 1. The fraction of sp³-hybridized carbons (Fsp3) is 0.538. The highest BCUT2D eigenvalue weighted by atomic mass is 16.5. The first-order chi connectivity index (χ1) is 9.03. The van der Waals surface area contributed by atoms with Crippen LogP contribution in [-0.4, -0.2) is 46.3 Å². The van der Waals surface area contributed by atoms with Crippen molar-refractivity contribution in [3.8, 4) is 5.75 Å². The number of carbonyl (C=O) groups excluding carboxylic acids is 1. The zero-order valence-corrected chi connectivity index (χ0v) is 11.5. The number of aromatic hydroxyl groups is 1. The van der Waals surface area contributed by atoms with Crippen molar-refractivity contribution in [2.75, 3.05) is 20.2 Å². The number of aryl methyl sites for hydroxylation is 1. The summed E-state index contributed by atoms with van der Waals surface area (Å²) >= 11 is 0. The van der Waals surface area contributed by atoms with Gasteiger partial charge < -0.3 is 14.9 Å². The number of hydrogen-bond acceptors (Lipinski definition) is 6. The standard InChI is InChI=1S/C13H20N2O4/c1-4-15(7-12(17)19-3)6-11-10(8-16)5-14-9(2)13(11)18/h5,16,18H,4,6-8H2,1-3H3. The van der Waals surface area contributed by atoms with Crippen molar-refractivity contribution in [3.63, 3.8) is 0 Å². The van der Waals surface area contributed by atoms with E-state index in [2.05, 4.69) is 9.72 Å². The number of carbonyl (C=O) groups is 1. The zero-order valence-electron chi connectivity index (χ0n) is 11.5. The van der Waals surface area contributed by atoms with E-state index in [1.807, 2.05) is 11.8 Å². The van der Waals surface area contributed by atoms with Crippen LogP contribution < -0.4 is 0 Å². The first kappa shape index (κ1) is 15.4. The number of methoxy groups -OCH3 is 1. The number of aliphatic hydroxyl groups is 1. The number of esters is 1. The molecular weight excluding hydrogens is 248 g/mol. The molecule has 0 atom stereocenters. The molecule has 0 spiro atoms. The highest BCUT2D eigenvalue weighted by Gasteiger charge is 2.16. The van der Waals surface area contributed by atoms with Gasteiger partial charge in [0.15, 0.2) is 0 Å². The Bertz CT molecular complexity index is 449. The molecule has 106 valence electrons. The summed E-state index contributed by atoms with van der Waals surface area (Å²) in [5, 5.41) is 19.3. The van der Waals surface area contributed by atoms with Gasteiger partial charge in [-0.2, -0.15) is 0 Å². The minimum atomic E-state index is -0.335. The maximum Gasteiger partial charge on any atom is 0.319 e. The Morgan fingerprint density at radius 2 is 2.21 bits per heavy atom. The monoisotopic (exact) mass is 268 g/mol. The summed E-state index contributed by atoms with van der Waals surface area (Å²) < 4.78 is 4.63. The van der Waals surface area contributed by atoms with Crippen LogP contribution in [0.5, 0.6) is 5.75 Å². The molecule has 0 radical (unpaired) electrons. The Balaban J connectivity index is 2.95. The number of rotatable bonds is 6. The topological polar surface area (TPSA) is 82.9 Å². The van der Waals surface area contributed by atoms with Crippen LogP contribution >= 0.6 is 0 Å². The lowest BCUT2D eigenvalue weighted by atomic mass is 10.1. The first-order valence-electron chi connectivity index (χ1n) is 6.09. The Hall–Kier alpha value is -1.66. The number of aliphatic hydroxyl groups excluding tert-OH is 1. The van der Waals surface area contributed by atoms with Gasteiger partial charge in [0.05, 0.1) is 26.0 Å². The first-order valence-corrected chi connectivity index (χ1v) is 6.09. The average molecular weight is 268 g/mol. The summed E-state index contributed by atoms with van der Waals surface area (Å²) in [5.74, 6) is -0.271. The van der Waals surface area contributed by atoms with Crippen LogP contribution in [0.1, 0.15) is 23.7 Å². The molecule has 1 aromatic rings. The second-order valence-corrected chi connectivity index (χ2v) is 4.23. The van der Waals surface area contributed by atoms with Crippen molar-refractivity contribution < 1.29 is 19.7 Å². The van der Waals surface area contributed by atoms with Gasteiger partial charge in [0.1, 0.15) is 5.75 Å². The van der Waals surface area contributed by atoms with Crippen LogP contribution in [0, 0.1) is 6.92 Å². The van der Waals surface area contributed by atoms with Crippen molar-refractivity contribution in [3.05, 3.63) is 23.0 Å². The van der Waals surface area contributed by atoms with E-state index in [1.54, 1.807) is 6.92 Å². The van der Waals surface area contributed by atoms with E-state index < -0.39 is 0 Å². The molecule has 0 unspecified atom stereocenters. The van der Waals surface area contributed by atoms with Gasteiger partial charge >= 0.3 is 5.97 Å². The molecule has 6 heteroatoms. The lowest BCUT2D eigenvalue weighted by Gasteiger charge is -2.21. The maximum absolute atomic E-state index is 11.3. The summed E-state index contributed by atoms with van der Waals surface area (Å²) in [7, 11) is 1.34. The van der Waals surface area contributed by atoms with Crippen LogP contribution in [0.25, 0.3) is 0 Å². The average Bonchev–Trinajstić information content (AvgIpc) is 2.42. The Morgan fingerprint density at radius 1 is 1.53 bits per heavy atom. The Morgan fingerprint density at radius 3 is 2.74 bits per heavy atom. The van der Waals surface area contributed by atoms with Crippen LogP contribution in [0.4, 0.5) is 0 Å². The quantitative estimate of drug-likeness (QED) is 0.734. The normalized spacial score (nSPS) is 10.8. The van der Waals surface area contributed by atoms with Gasteiger partial charge in [-0.15, -0.1) is 0 Å². The van der Waals surface area contributed by atoms with Gasteiger partial charge in [0.2, 0.25) is 0 Å². The third-order valence-corrected chi connectivity index (χ3v) is 3.01. The molecule has 0 aromatic carbocycles. The Labute approximate surface area is 112 Å². The zero-order chi connectivity index (χ0) is 14.4. The fourth-order valence-electron chi connectivity index (χ4n) is 1.75. The third-order valence-electron chi connectivity index (χ3n) is 3.01. The summed E-state index contributed by atoms with van der Waals surface area (Å²) in [6.45, 7) is 4.52. The van der Waals surface area contributed by atoms with Gasteiger partial charge in [-0.05, 0) is 13.5 Å². The predicted octanol–water partition coefficient (Wildman–Crippen LogP) is 0.583. The molecular formula is C13H20N2O4. The van der Waals surface area contributed by atoms with Crippen LogP contribution in [-0.2, 0) is 22.7 Å². The molecule has 1 aromatic heterocycles. The second-order valence-electron chi connectivity index (χ2n) is 4.23. The predicted molar refractivity (Wildman–Crippen MR) is 69.5 cm³/mol. The molecule has 6 nitrogen and oxygen atoms in total. The number of nitrogens with zero attached hydrogens (tertiary/aromatic N) is 2. The molecule has 0 aliphatic heterocycles. The van der Waals surface area contributed by atoms with Crippen LogP contribution in [0.2, 0.25) is 0 Å². The minimum absolute atomic E-state index is 0.0647. The molecule has 1 rings (SSSR count). The molecule has 19 heavy (non-hydrogen) atoms. The highest BCUT2D eigenvalue weighted by molar-refractivity contribution is 5.71. The molecule has 0 amide bonds. The van der Waals surface area contributed by atoms with E-state index in [1.165, 1.54) is 13.3 Å². The maximum atomic E-state index is 11.3. The number of pyridine rings is 1. The number of hydrogen-bond donors (Lipinski definition) is 2. The van der Waals surface area contributed by atoms with E-state index in [-0.39, 0.29) is 24.9 Å². The van der Waals surface area contributed by atoms with E-state index in [9.17, 15) is 15.0 Å². The van der Waals surface area contributed by atoms with Crippen molar-refractivity contribution in [1.29, 1.82) is 0 Å². The fourth-order valence-corrected chi connectivity index (χ4v) is 1.75. The number of aromatic nitrogens is 1. The number of ether oxygens (including phenoxy) is 1. The largest absolute Gasteiger partial charge is 0.506 e. The van der Waals surface area contributed by atoms with Crippen molar-refractivity contribution >= 4 is 5.97 Å². The summed E-state index contributed by atoms with van der Waals surface area (Å²) in [5.41, 5.74) is 1.66. The van der Waals surface area contributed by atoms with Gasteiger partial charge in [0.25, 0.3) is 0 Å². The molecule has 0 fully saturated rings. The molecule has 0 saturated heterocycles. The van der Waals surface area contributed by atoms with E-state index in [0.717, 1.165) is 0 Å². The van der Waals surface area contributed by atoms with Crippen LogP contribution in [0.3, 0.4) is 0 Å². The lowest BCUT2D eigenvalue weighted by Crippen LogP contribution is -2.30. The van der Waals surface area contributed by atoms with Crippen molar-refractivity contribution in [2.24, 2.45) is 0 Å². The van der Waals surface area contributed by atoms with Gasteiger partial charge in [-0.1, -0.05) is 6.92 Å². The minimum Gasteiger partial charge on any atom is -0.506 e. The molecule has 0 aliphatic carbocycles. The van der Waals surface area contributed by atoms with Crippen molar-refractivity contribution in [2.45, 2.75) is 27.0 Å². The summed E-state index contributed by atoms with van der Waals surface area (Å²) in [4.78, 5) is 17.1. The van der Waals surface area contributed by atoms with Gasteiger partial charge in [-0.3, -0.25) is 14.7 Å². The van der Waals surface area contributed by atoms with Crippen molar-refractivity contribution in [1.82, 2.24) is 9.88 Å². The van der Waals surface area contributed by atoms with Gasteiger partial charge in [0, 0.05) is 23.9 Å². The SMILES string of the molecule is CCN(CC(=O)OC)Cc1c(CO)cnc(C)c1O. The van der Waals surface area contributed by atoms with Crippen LogP contribution in [0.15, 0.2) is 6.20 Å². The third kappa shape index (κ3) is 3.90. The Kier molecular flexibility index (Phi) is 5.72. The summed E-state index contributed by atoms with van der Waals surface area (Å²) in [6.07, 6.45) is 1.54. The molecule has 0 saturated carbocycles. The lowest BCUT2D eigenvalue weighted by molar-refractivity contribution is -0.142. The van der Waals surface area contributed by atoms with E-state index in [0.29, 0.717) is 29.9 Å². The second kappa shape index (κ2) is 7.06. The summed E-state index contributed by atoms with van der Waals surface area (Å²) in [6, 6.07) is 0. The molecule has 0 aliphatic rings. The molecule has 2 N–H and O–H groups in total. The molecule has 0 bridgehead atoms. The highest BCUT2D eigenvalue weighted by Crippen LogP contribution is 2.25. The van der Waals surface area contributed by atoms with Gasteiger partial charge in [-0.25, -0.2) is 0 Å². The van der Waals surface area contributed by atoms with E-state index >= 15 is 0 Å². The van der Waals surface area contributed by atoms with E-state index in [4.69, 9.17) is 0 Å². The smallest absolute Gasteiger partial charge is 0.319 e. The molecule has 1 heterocycles.